The van der Waals surface area contributed by atoms with Crippen LogP contribution in [0.15, 0.2) is 18.5 Å². The molecule has 88 valence electrons. The number of hydrogen-bond donors (Lipinski definition) is 2. The minimum absolute atomic E-state index is 0.284. The van der Waals surface area contributed by atoms with Gasteiger partial charge in [0.15, 0.2) is 0 Å². The van der Waals surface area contributed by atoms with E-state index >= 15 is 0 Å². The highest BCUT2D eigenvalue weighted by Gasteiger charge is 2.19. The van der Waals surface area contributed by atoms with Crippen LogP contribution in [0.5, 0.6) is 0 Å². The van der Waals surface area contributed by atoms with Gasteiger partial charge in [-0.25, -0.2) is 0 Å². The first-order chi connectivity index (χ1) is 7.41. The van der Waals surface area contributed by atoms with Gasteiger partial charge < -0.3 is 11.1 Å². The first-order valence-electron chi connectivity index (χ1n) is 5.33. The molecule has 0 aliphatic heterocycles. The fourth-order valence-corrected chi connectivity index (χ4v) is 1.51. The summed E-state index contributed by atoms with van der Waals surface area (Å²) in [5.74, 6) is -0.291. The molecule has 0 saturated carbocycles. The van der Waals surface area contributed by atoms with Gasteiger partial charge in [0.25, 0.3) is 0 Å². The van der Waals surface area contributed by atoms with Crippen molar-refractivity contribution in [2.45, 2.75) is 39.3 Å². The SMILES string of the molecule is Cc1ccncc1CNC(C)(C)CC(N)=O. The molecule has 0 radical (unpaired) electrons. The topological polar surface area (TPSA) is 68.0 Å². The first kappa shape index (κ1) is 12.6. The molecule has 16 heavy (non-hydrogen) atoms. The van der Waals surface area contributed by atoms with Crippen LogP contribution in [-0.2, 0) is 11.3 Å². The molecule has 1 aromatic rings. The Morgan fingerprint density at radius 3 is 2.81 bits per heavy atom. The molecule has 1 aromatic heterocycles. The van der Waals surface area contributed by atoms with Gasteiger partial charge in [-0.3, -0.25) is 9.78 Å². The van der Waals surface area contributed by atoms with Gasteiger partial charge in [0.05, 0.1) is 0 Å². The van der Waals surface area contributed by atoms with Crippen molar-refractivity contribution in [2.75, 3.05) is 0 Å². The zero-order valence-corrected chi connectivity index (χ0v) is 10.1. The summed E-state index contributed by atoms with van der Waals surface area (Å²) in [6, 6.07) is 1.97. The highest BCUT2D eigenvalue weighted by Crippen LogP contribution is 2.11. The van der Waals surface area contributed by atoms with E-state index in [2.05, 4.69) is 10.3 Å². The maximum atomic E-state index is 10.9. The van der Waals surface area contributed by atoms with Crippen LogP contribution in [0.25, 0.3) is 0 Å². The van der Waals surface area contributed by atoms with E-state index in [1.165, 1.54) is 5.56 Å². The zero-order chi connectivity index (χ0) is 12.2. The molecule has 0 aliphatic carbocycles. The molecule has 1 amide bonds. The average Bonchev–Trinajstić information content (AvgIpc) is 2.14. The Bertz CT molecular complexity index is 374. The van der Waals surface area contributed by atoms with Crippen LogP contribution in [0, 0.1) is 6.92 Å². The van der Waals surface area contributed by atoms with Gasteiger partial charge in [0.2, 0.25) is 5.91 Å². The summed E-state index contributed by atoms with van der Waals surface area (Å²) in [7, 11) is 0. The monoisotopic (exact) mass is 221 g/mol. The molecule has 0 bridgehead atoms. The largest absolute Gasteiger partial charge is 0.370 e. The van der Waals surface area contributed by atoms with Gasteiger partial charge in [-0.2, -0.15) is 0 Å². The second-order valence-corrected chi connectivity index (χ2v) is 4.68. The van der Waals surface area contributed by atoms with E-state index in [-0.39, 0.29) is 11.4 Å². The lowest BCUT2D eigenvalue weighted by Gasteiger charge is -2.25. The molecule has 0 aromatic carbocycles. The molecule has 1 heterocycles. The number of primary amides is 1. The third-order valence-electron chi connectivity index (χ3n) is 2.52. The van der Waals surface area contributed by atoms with E-state index in [1.54, 1.807) is 6.20 Å². The third kappa shape index (κ3) is 3.98. The van der Waals surface area contributed by atoms with Gasteiger partial charge >= 0.3 is 0 Å². The Labute approximate surface area is 96.3 Å². The van der Waals surface area contributed by atoms with Crippen molar-refractivity contribution in [3.8, 4) is 0 Å². The number of aryl methyl sites for hydroxylation is 1. The maximum Gasteiger partial charge on any atom is 0.219 e. The van der Waals surface area contributed by atoms with Crippen molar-refractivity contribution in [2.24, 2.45) is 5.73 Å². The number of amides is 1. The van der Waals surface area contributed by atoms with Crippen molar-refractivity contribution in [1.82, 2.24) is 10.3 Å². The van der Waals surface area contributed by atoms with Crippen molar-refractivity contribution < 1.29 is 4.79 Å². The lowest BCUT2D eigenvalue weighted by molar-refractivity contribution is -0.119. The van der Waals surface area contributed by atoms with Crippen molar-refractivity contribution in [1.29, 1.82) is 0 Å². The minimum Gasteiger partial charge on any atom is -0.370 e. The molecule has 0 unspecified atom stereocenters. The van der Waals surface area contributed by atoms with Crippen LogP contribution in [0.4, 0.5) is 0 Å². The smallest absolute Gasteiger partial charge is 0.219 e. The number of pyridine rings is 1. The molecule has 0 atom stereocenters. The lowest BCUT2D eigenvalue weighted by Crippen LogP contribution is -2.42. The molecule has 4 nitrogen and oxygen atoms in total. The van der Waals surface area contributed by atoms with Crippen LogP contribution in [0.1, 0.15) is 31.4 Å². The van der Waals surface area contributed by atoms with Crippen LogP contribution in [-0.4, -0.2) is 16.4 Å². The molecule has 3 N–H and O–H groups in total. The van der Waals surface area contributed by atoms with Crippen LogP contribution < -0.4 is 11.1 Å². The standard InChI is InChI=1S/C12H19N3O/c1-9-4-5-14-7-10(9)8-15-12(2,3)6-11(13)16/h4-5,7,15H,6,8H2,1-3H3,(H2,13,16). The minimum atomic E-state index is -0.291. The fraction of sp³-hybridized carbons (Fsp3) is 0.500. The van der Waals surface area contributed by atoms with E-state index in [4.69, 9.17) is 5.73 Å². The molecular formula is C12H19N3O. The van der Waals surface area contributed by atoms with Crippen molar-refractivity contribution >= 4 is 5.91 Å². The second-order valence-electron chi connectivity index (χ2n) is 4.68. The van der Waals surface area contributed by atoms with Gasteiger partial charge in [-0.1, -0.05) is 0 Å². The van der Waals surface area contributed by atoms with Crippen LogP contribution >= 0.6 is 0 Å². The molecular weight excluding hydrogens is 202 g/mol. The van der Waals surface area contributed by atoms with Crippen molar-refractivity contribution in [3.05, 3.63) is 29.6 Å². The summed E-state index contributed by atoms with van der Waals surface area (Å²) in [6.07, 6.45) is 3.93. The third-order valence-corrected chi connectivity index (χ3v) is 2.52. The summed E-state index contributed by atoms with van der Waals surface area (Å²) in [4.78, 5) is 14.9. The van der Waals surface area contributed by atoms with Crippen LogP contribution in [0.2, 0.25) is 0 Å². The number of aromatic nitrogens is 1. The van der Waals surface area contributed by atoms with Gasteiger partial charge in [-0.05, 0) is 38.0 Å². The number of hydrogen-bond acceptors (Lipinski definition) is 3. The Morgan fingerprint density at radius 1 is 1.56 bits per heavy atom. The Morgan fingerprint density at radius 2 is 2.25 bits per heavy atom. The van der Waals surface area contributed by atoms with Crippen LogP contribution in [0.3, 0.4) is 0 Å². The first-order valence-corrected chi connectivity index (χ1v) is 5.33. The van der Waals surface area contributed by atoms with E-state index in [0.717, 1.165) is 5.56 Å². The molecule has 1 rings (SSSR count). The fourth-order valence-electron chi connectivity index (χ4n) is 1.51. The molecule has 0 saturated heterocycles. The summed E-state index contributed by atoms with van der Waals surface area (Å²) >= 11 is 0. The second kappa shape index (κ2) is 5.07. The number of nitrogens with zero attached hydrogens (tertiary/aromatic N) is 1. The highest BCUT2D eigenvalue weighted by molar-refractivity contribution is 5.74. The quantitative estimate of drug-likeness (QED) is 0.783. The van der Waals surface area contributed by atoms with Crippen molar-refractivity contribution in [3.63, 3.8) is 0 Å². The van der Waals surface area contributed by atoms with E-state index < -0.39 is 0 Å². The molecule has 4 heteroatoms. The van der Waals surface area contributed by atoms with Gasteiger partial charge in [-0.15, -0.1) is 0 Å². The summed E-state index contributed by atoms with van der Waals surface area (Å²) in [5.41, 5.74) is 7.23. The van der Waals surface area contributed by atoms with E-state index in [9.17, 15) is 4.79 Å². The maximum absolute atomic E-state index is 10.9. The predicted molar refractivity (Wildman–Crippen MR) is 63.7 cm³/mol. The molecule has 0 fully saturated rings. The number of carbonyl (C=O) groups is 1. The highest BCUT2D eigenvalue weighted by atomic mass is 16.1. The number of carbonyl (C=O) groups excluding carboxylic acids is 1. The Kier molecular flexibility index (Phi) is 4.01. The number of nitrogens with one attached hydrogen (secondary N) is 1. The lowest BCUT2D eigenvalue weighted by atomic mass is 9.99. The van der Waals surface area contributed by atoms with E-state index in [0.29, 0.717) is 13.0 Å². The normalized spacial score (nSPS) is 11.4. The zero-order valence-electron chi connectivity index (χ0n) is 10.1. The summed E-state index contributed by atoms with van der Waals surface area (Å²) in [6.45, 7) is 6.66. The van der Waals surface area contributed by atoms with Gasteiger partial charge in [0, 0.05) is 30.9 Å². The van der Waals surface area contributed by atoms with E-state index in [1.807, 2.05) is 33.0 Å². The number of nitrogens with two attached hydrogens (primary N) is 1. The average molecular weight is 221 g/mol. The Hall–Kier alpha value is -1.42. The molecule has 0 aliphatic rings. The Balaban J connectivity index is 2.57. The summed E-state index contributed by atoms with van der Waals surface area (Å²) < 4.78 is 0. The predicted octanol–water partition coefficient (Wildman–Crippen LogP) is 1.13. The molecule has 0 spiro atoms. The van der Waals surface area contributed by atoms with Gasteiger partial charge in [0.1, 0.15) is 0 Å². The summed E-state index contributed by atoms with van der Waals surface area (Å²) in [5, 5.41) is 3.31. The number of rotatable bonds is 5.